The summed E-state index contributed by atoms with van der Waals surface area (Å²) in [5.74, 6) is -0.306. The summed E-state index contributed by atoms with van der Waals surface area (Å²) < 4.78 is 54.0. The number of carbonyl (C=O) groups excluding carboxylic acids is 1. The number of nitriles is 1. The van der Waals surface area contributed by atoms with Crippen molar-refractivity contribution in [1.29, 1.82) is 5.26 Å². The number of carbonyl (C=O) groups is 1. The number of benzene rings is 2. The molecule has 0 saturated carbocycles. The third-order valence-electron chi connectivity index (χ3n) is 11.2. The van der Waals surface area contributed by atoms with Crippen molar-refractivity contribution < 1.29 is 22.7 Å². The fourth-order valence-corrected chi connectivity index (χ4v) is 8.47. The minimum Gasteiger partial charge on any atom is -0.374 e. The standard InChI is InChI=1S/C39H35F3N12O2/c1-21-45-31-12-24(41)10-27-30-4-2-5-34(47-30)46-25-13-33(38(55)50-8-3-9-56-26(19-50)20-52(21)35(27)31)53(18-25)36-28-15-44-54(32-7-6-23(40)11-29(32)42)37(28)49-39(48-36)51-16-22(14-43)17-51/h2,4-7,10-12,15,22,25-26,33H,3,8-9,13,16-20H2,1H3,(H,46,47)/t25-,26+,33-/m0/s1. The van der Waals surface area contributed by atoms with Gasteiger partial charge in [0, 0.05) is 63.1 Å². The van der Waals surface area contributed by atoms with Gasteiger partial charge in [-0.1, -0.05) is 6.07 Å². The topological polar surface area (TPSA) is 146 Å². The largest absolute Gasteiger partial charge is 0.374 e. The van der Waals surface area contributed by atoms with Crippen LogP contribution >= 0.6 is 0 Å². The van der Waals surface area contributed by atoms with Crippen molar-refractivity contribution in [3.05, 3.63) is 78.0 Å². The lowest BCUT2D eigenvalue weighted by atomic mass is 10.0. The van der Waals surface area contributed by atoms with E-state index in [1.54, 1.807) is 0 Å². The number of nitrogens with one attached hydrogen (secondary N) is 1. The smallest absolute Gasteiger partial charge is 0.245 e. The highest BCUT2D eigenvalue weighted by Gasteiger charge is 2.43. The molecule has 3 atom stereocenters. The van der Waals surface area contributed by atoms with Crippen LogP contribution in [0.5, 0.6) is 0 Å². The number of aryl methyl sites for hydroxylation is 1. The first-order chi connectivity index (χ1) is 27.2. The predicted molar refractivity (Wildman–Crippen MR) is 200 cm³/mol. The molecule has 0 aliphatic carbocycles. The fraction of sp³-hybridized carbons (Fsp3) is 0.359. The van der Waals surface area contributed by atoms with E-state index in [-0.39, 0.29) is 35.3 Å². The van der Waals surface area contributed by atoms with Gasteiger partial charge in [-0.2, -0.15) is 20.3 Å². The number of hydrogen-bond acceptors (Lipinski definition) is 11. The van der Waals surface area contributed by atoms with Crippen molar-refractivity contribution in [3.63, 3.8) is 0 Å². The van der Waals surface area contributed by atoms with E-state index in [1.165, 1.54) is 29.1 Å². The molecule has 2 aromatic carbocycles. The monoisotopic (exact) mass is 760 g/mol. The number of aromatic nitrogens is 7. The highest BCUT2D eigenvalue weighted by Crippen LogP contribution is 2.37. The summed E-state index contributed by atoms with van der Waals surface area (Å²) in [5.41, 5.74) is 2.69. The van der Waals surface area contributed by atoms with E-state index in [2.05, 4.69) is 16.5 Å². The Balaban J connectivity index is 1.11. The number of rotatable bonds is 3. The van der Waals surface area contributed by atoms with Crippen LogP contribution in [0.15, 0.2) is 54.7 Å². The average molecular weight is 761 g/mol. The van der Waals surface area contributed by atoms with Gasteiger partial charge in [0.2, 0.25) is 11.9 Å². The van der Waals surface area contributed by atoms with Crippen molar-refractivity contribution in [3.8, 4) is 23.0 Å². The van der Waals surface area contributed by atoms with Gasteiger partial charge in [-0.25, -0.2) is 27.8 Å². The maximum absolute atomic E-state index is 15.2. The van der Waals surface area contributed by atoms with Gasteiger partial charge in [-0.3, -0.25) is 4.79 Å². The Bertz CT molecular complexity index is 2600. The quantitative estimate of drug-likeness (QED) is 0.270. The summed E-state index contributed by atoms with van der Waals surface area (Å²) >= 11 is 0. The summed E-state index contributed by atoms with van der Waals surface area (Å²) in [5, 5.41) is 18.0. The number of imidazole rings is 1. The zero-order valence-electron chi connectivity index (χ0n) is 30.2. The molecule has 3 fully saturated rings. The molecule has 3 saturated heterocycles. The lowest BCUT2D eigenvalue weighted by Gasteiger charge is -2.36. The summed E-state index contributed by atoms with van der Waals surface area (Å²) in [4.78, 5) is 40.1. The van der Waals surface area contributed by atoms with E-state index < -0.39 is 23.5 Å². The van der Waals surface area contributed by atoms with Gasteiger partial charge in [-0.05, 0) is 50.1 Å². The van der Waals surface area contributed by atoms with Crippen molar-refractivity contribution in [2.45, 2.75) is 44.5 Å². The second kappa shape index (κ2) is 13.2. The molecule has 284 valence electrons. The molecule has 4 aliphatic heterocycles. The summed E-state index contributed by atoms with van der Waals surface area (Å²) in [6, 6.07) is 13.0. The number of halogens is 3. The van der Waals surface area contributed by atoms with Gasteiger partial charge in [-0.15, -0.1) is 0 Å². The number of pyridine rings is 1. The number of amides is 1. The Kier molecular flexibility index (Phi) is 8.06. The molecular formula is C39H35F3N12O2. The van der Waals surface area contributed by atoms with Gasteiger partial charge >= 0.3 is 0 Å². The minimum atomic E-state index is -0.818. The molecule has 10 rings (SSSR count). The number of anilines is 3. The summed E-state index contributed by atoms with van der Waals surface area (Å²) in [7, 11) is 0. The second-order valence-corrected chi connectivity index (χ2v) is 14.8. The number of hydrogen-bond donors (Lipinski definition) is 1. The van der Waals surface area contributed by atoms with E-state index in [9.17, 15) is 14.4 Å². The number of ether oxygens (including phenoxy) is 1. The van der Waals surface area contributed by atoms with Crippen molar-refractivity contribution in [1.82, 2.24) is 39.2 Å². The van der Waals surface area contributed by atoms with Crippen molar-refractivity contribution in [2.75, 3.05) is 54.4 Å². The SMILES string of the molecule is Cc1nc2cc(F)cc3c2n1C[C@H]1CN(CCCO1)C(=O)[C@@H]1C[C@@H](CN1c1nc(N2CC(C#N)C2)nc2c1cnn2-c1ccc(F)cc1F)Nc1cccc-3n1. The Morgan fingerprint density at radius 1 is 0.946 bits per heavy atom. The Hall–Kier alpha value is -6.28. The van der Waals surface area contributed by atoms with Crippen LogP contribution in [0.3, 0.4) is 0 Å². The third-order valence-corrected chi connectivity index (χ3v) is 11.2. The molecule has 0 unspecified atom stereocenters. The Labute approximate surface area is 318 Å². The van der Waals surface area contributed by atoms with Crippen LogP contribution in [0.1, 0.15) is 18.7 Å². The van der Waals surface area contributed by atoms with Crippen LogP contribution in [0.2, 0.25) is 0 Å². The third kappa shape index (κ3) is 5.74. The Morgan fingerprint density at radius 3 is 2.66 bits per heavy atom. The second-order valence-electron chi connectivity index (χ2n) is 14.8. The van der Waals surface area contributed by atoms with Crippen molar-refractivity contribution in [2.24, 2.45) is 5.92 Å². The highest BCUT2D eigenvalue weighted by molar-refractivity contribution is 5.94. The van der Waals surface area contributed by atoms with Crippen LogP contribution in [0.25, 0.3) is 39.0 Å². The van der Waals surface area contributed by atoms with E-state index in [0.717, 1.165) is 17.6 Å². The molecule has 4 aliphatic rings. The van der Waals surface area contributed by atoms with Gasteiger partial charge in [0.1, 0.15) is 40.8 Å². The van der Waals surface area contributed by atoms with E-state index >= 15 is 8.78 Å². The molecule has 0 radical (unpaired) electrons. The molecule has 1 amide bonds. The zero-order chi connectivity index (χ0) is 38.2. The minimum absolute atomic E-state index is 0.000957. The maximum Gasteiger partial charge on any atom is 0.245 e. The predicted octanol–water partition coefficient (Wildman–Crippen LogP) is 4.60. The fourth-order valence-electron chi connectivity index (χ4n) is 8.47. The van der Waals surface area contributed by atoms with Gasteiger partial charge in [0.25, 0.3) is 0 Å². The maximum atomic E-state index is 15.2. The number of nitrogens with zero attached hydrogens (tertiary/aromatic N) is 11. The molecule has 17 heteroatoms. The van der Waals surface area contributed by atoms with Crippen LogP contribution < -0.4 is 15.1 Å². The highest BCUT2D eigenvalue weighted by atomic mass is 19.1. The van der Waals surface area contributed by atoms with Gasteiger partial charge < -0.3 is 29.3 Å². The molecule has 6 bridgehead atoms. The number of fused-ring (bicyclic) bond motifs is 8. The molecule has 8 heterocycles. The first-order valence-electron chi connectivity index (χ1n) is 18.6. The first-order valence-corrected chi connectivity index (χ1v) is 18.6. The van der Waals surface area contributed by atoms with Gasteiger partial charge in [0.15, 0.2) is 11.5 Å². The van der Waals surface area contributed by atoms with Crippen LogP contribution in [0.4, 0.5) is 30.8 Å². The van der Waals surface area contributed by atoms with E-state index in [1.807, 2.05) is 44.4 Å². The van der Waals surface area contributed by atoms with Crippen LogP contribution in [-0.2, 0) is 16.1 Å². The molecule has 56 heavy (non-hydrogen) atoms. The molecule has 1 N–H and O–H groups in total. The average Bonchev–Trinajstić information content (AvgIpc) is 3.80. The lowest BCUT2D eigenvalue weighted by Crippen LogP contribution is -2.49. The Morgan fingerprint density at radius 2 is 1.82 bits per heavy atom. The molecular weight excluding hydrogens is 726 g/mol. The van der Waals surface area contributed by atoms with E-state index in [4.69, 9.17) is 24.7 Å². The van der Waals surface area contributed by atoms with E-state index in [0.29, 0.717) is 104 Å². The zero-order valence-corrected chi connectivity index (χ0v) is 30.2. The molecule has 4 aromatic heterocycles. The van der Waals surface area contributed by atoms with Crippen LogP contribution in [-0.4, -0.2) is 103 Å². The molecule has 6 aromatic rings. The first kappa shape index (κ1) is 34.2. The molecule has 14 nitrogen and oxygen atoms in total. The summed E-state index contributed by atoms with van der Waals surface area (Å²) in [6.07, 6.45) is 2.18. The van der Waals surface area contributed by atoms with Crippen LogP contribution in [0, 0.1) is 41.6 Å². The van der Waals surface area contributed by atoms with Crippen molar-refractivity contribution >= 4 is 45.6 Å². The summed E-state index contributed by atoms with van der Waals surface area (Å²) in [6.45, 7) is 4.65. The lowest BCUT2D eigenvalue weighted by molar-refractivity contribution is -0.133. The molecule has 0 spiro atoms. The normalized spacial score (nSPS) is 21.4. The van der Waals surface area contributed by atoms with Gasteiger partial charge in [0.05, 0.1) is 52.9 Å².